The van der Waals surface area contributed by atoms with E-state index >= 15 is 0 Å². The Labute approximate surface area is 139 Å². The molecule has 4 heteroatoms. The van der Waals surface area contributed by atoms with Crippen LogP contribution in [0.3, 0.4) is 0 Å². The maximum atomic E-state index is 6.03. The Morgan fingerprint density at radius 2 is 1.87 bits per heavy atom. The fourth-order valence-corrected chi connectivity index (χ4v) is 2.88. The summed E-state index contributed by atoms with van der Waals surface area (Å²) in [6.07, 6.45) is 5.64. The number of pyridine rings is 2. The van der Waals surface area contributed by atoms with Crippen LogP contribution in [0.2, 0.25) is 5.02 Å². The monoisotopic (exact) mass is 319 g/mol. The van der Waals surface area contributed by atoms with Gasteiger partial charge in [0.2, 0.25) is 0 Å². The lowest BCUT2D eigenvalue weighted by Gasteiger charge is -2.06. The third-order valence-corrected chi connectivity index (χ3v) is 4.08. The number of nitrogens with zero attached hydrogens (tertiary/aromatic N) is 3. The normalized spacial score (nSPS) is 11.0. The molecule has 3 nitrogen and oxygen atoms in total. The van der Waals surface area contributed by atoms with Gasteiger partial charge < -0.3 is 0 Å². The summed E-state index contributed by atoms with van der Waals surface area (Å²) < 4.78 is 2.03. The molecule has 0 amide bonds. The maximum Gasteiger partial charge on any atom is 0.138 e. The minimum atomic E-state index is 0.685. The van der Waals surface area contributed by atoms with Crippen LogP contribution >= 0.6 is 11.6 Å². The number of rotatable bonds is 2. The number of hydrogen-bond donors (Lipinski definition) is 0. The molecule has 0 spiro atoms. The van der Waals surface area contributed by atoms with Gasteiger partial charge in [0.05, 0.1) is 17.6 Å². The van der Waals surface area contributed by atoms with Crippen LogP contribution in [0.5, 0.6) is 0 Å². The average molecular weight is 320 g/mol. The molecule has 0 atom stereocenters. The van der Waals surface area contributed by atoms with E-state index in [0.717, 1.165) is 28.2 Å². The number of hydrogen-bond acceptors (Lipinski definition) is 2. The summed E-state index contributed by atoms with van der Waals surface area (Å²) >= 11 is 6.03. The molecule has 4 rings (SSSR count). The van der Waals surface area contributed by atoms with Crippen molar-refractivity contribution in [2.75, 3.05) is 0 Å². The van der Waals surface area contributed by atoms with Crippen LogP contribution in [0.1, 0.15) is 5.56 Å². The van der Waals surface area contributed by atoms with Crippen molar-refractivity contribution in [2.24, 2.45) is 0 Å². The molecular weight excluding hydrogens is 306 g/mol. The van der Waals surface area contributed by atoms with Crippen LogP contribution in [0.15, 0.2) is 67.1 Å². The minimum Gasteiger partial charge on any atom is -0.300 e. The number of aromatic nitrogens is 3. The largest absolute Gasteiger partial charge is 0.300 e. The van der Waals surface area contributed by atoms with Crippen LogP contribution in [0.25, 0.3) is 28.2 Å². The molecule has 4 aromatic rings. The molecule has 0 N–H and O–H groups in total. The van der Waals surface area contributed by atoms with Gasteiger partial charge in [0.15, 0.2) is 0 Å². The first-order valence-corrected chi connectivity index (χ1v) is 7.74. The van der Waals surface area contributed by atoms with Crippen LogP contribution in [-0.4, -0.2) is 14.4 Å². The Morgan fingerprint density at radius 3 is 2.74 bits per heavy atom. The number of aryl methyl sites for hydroxylation is 1. The van der Waals surface area contributed by atoms with Crippen molar-refractivity contribution in [1.82, 2.24) is 14.4 Å². The highest BCUT2D eigenvalue weighted by atomic mass is 35.5. The topological polar surface area (TPSA) is 30.2 Å². The molecule has 0 bridgehead atoms. The molecule has 23 heavy (non-hydrogen) atoms. The molecule has 1 aromatic carbocycles. The highest BCUT2D eigenvalue weighted by molar-refractivity contribution is 6.30. The molecule has 0 aliphatic rings. The predicted molar refractivity (Wildman–Crippen MR) is 93.6 cm³/mol. The fourth-order valence-electron chi connectivity index (χ4n) is 2.72. The highest BCUT2D eigenvalue weighted by Gasteiger charge is 2.08. The lowest BCUT2D eigenvalue weighted by molar-refractivity contribution is 1.19. The van der Waals surface area contributed by atoms with Crippen LogP contribution in [0.4, 0.5) is 0 Å². The summed E-state index contributed by atoms with van der Waals surface area (Å²) in [4.78, 5) is 8.93. The molecule has 3 aromatic heterocycles. The molecule has 0 unspecified atom stereocenters. The summed E-state index contributed by atoms with van der Waals surface area (Å²) in [5.74, 6) is 0. The van der Waals surface area contributed by atoms with E-state index in [-0.39, 0.29) is 0 Å². The average Bonchev–Trinajstić information content (AvgIpc) is 2.98. The second-order valence-corrected chi connectivity index (χ2v) is 5.95. The quantitative estimate of drug-likeness (QED) is 0.519. The Morgan fingerprint density at radius 1 is 0.957 bits per heavy atom. The molecule has 0 fully saturated rings. The number of halogens is 1. The first-order valence-electron chi connectivity index (χ1n) is 7.37. The van der Waals surface area contributed by atoms with Gasteiger partial charge in [0.1, 0.15) is 5.65 Å². The smallest absolute Gasteiger partial charge is 0.138 e. The molecule has 0 radical (unpaired) electrons. The van der Waals surface area contributed by atoms with E-state index in [0.29, 0.717) is 5.02 Å². The molecule has 0 saturated heterocycles. The van der Waals surface area contributed by atoms with Gasteiger partial charge in [-0.2, -0.15) is 0 Å². The van der Waals surface area contributed by atoms with Crippen molar-refractivity contribution in [1.29, 1.82) is 0 Å². The first-order chi connectivity index (χ1) is 11.2. The van der Waals surface area contributed by atoms with Gasteiger partial charge in [-0.3, -0.25) is 9.38 Å². The molecule has 0 saturated carbocycles. The number of imidazole rings is 1. The van der Waals surface area contributed by atoms with Crippen LogP contribution in [0, 0.1) is 6.92 Å². The van der Waals surface area contributed by atoms with Crippen LogP contribution < -0.4 is 0 Å². The van der Waals surface area contributed by atoms with E-state index in [2.05, 4.69) is 47.2 Å². The number of benzene rings is 1. The van der Waals surface area contributed by atoms with E-state index in [4.69, 9.17) is 11.6 Å². The van der Waals surface area contributed by atoms with Crippen molar-refractivity contribution < 1.29 is 0 Å². The Bertz CT molecular complexity index is 1000. The fraction of sp³-hybridized carbons (Fsp3) is 0.0526. The molecule has 0 aliphatic carbocycles. The highest BCUT2D eigenvalue weighted by Crippen LogP contribution is 2.26. The van der Waals surface area contributed by atoms with E-state index in [1.807, 2.05) is 41.2 Å². The zero-order valence-electron chi connectivity index (χ0n) is 12.6. The summed E-state index contributed by atoms with van der Waals surface area (Å²) in [6.45, 7) is 2.08. The SMILES string of the molecule is Cc1cccc(-c2cc(-c3cnc4cc(Cl)ccn34)ccn2)c1. The summed E-state index contributed by atoms with van der Waals surface area (Å²) in [7, 11) is 0. The second kappa shape index (κ2) is 5.52. The summed E-state index contributed by atoms with van der Waals surface area (Å²) in [5.41, 5.74) is 6.22. The second-order valence-electron chi connectivity index (χ2n) is 5.52. The third-order valence-electron chi connectivity index (χ3n) is 3.84. The lowest BCUT2D eigenvalue weighted by atomic mass is 10.1. The lowest BCUT2D eigenvalue weighted by Crippen LogP contribution is -1.90. The standard InChI is InChI=1S/C19H14ClN3/c1-13-3-2-4-14(9-13)17-10-15(5-7-21-17)18-12-22-19-11-16(20)6-8-23(18)19/h2-12H,1H3. The van der Waals surface area contributed by atoms with Crippen molar-refractivity contribution in [2.45, 2.75) is 6.92 Å². The van der Waals surface area contributed by atoms with Gasteiger partial charge in [-0.15, -0.1) is 0 Å². The Balaban J connectivity index is 1.84. The minimum absolute atomic E-state index is 0.685. The molecule has 0 aliphatic heterocycles. The predicted octanol–water partition coefficient (Wildman–Crippen LogP) is 5.03. The molecular formula is C19H14ClN3. The summed E-state index contributed by atoms with van der Waals surface area (Å²) in [6, 6.07) is 16.2. The van der Waals surface area contributed by atoms with Gasteiger partial charge in [-0.25, -0.2) is 4.98 Å². The molecule has 112 valence electrons. The Kier molecular flexibility index (Phi) is 3.36. The van der Waals surface area contributed by atoms with E-state index in [1.165, 1.54) is 5.56 Å². The van der Waals surface area contributed by atoms with E-state index in [9.17, 15) is 0 Å². The van der Waals surface area contributed by atoms with Gasteiger partial charge >= 0.3 is 0 Å². The van der Waals surface area contributed by atoms with E-state index < -0.39 is 0 Å². The van der Waals surface area contributed by atoms with Crippen molar-refractivity contribution in [3.63, 3.8) is 0 Å². The van der Waals surface area contributed by atoms with Gasteiger partial charge in [-0.1, -0.05) is 35.4 Å². The maximum absolute atomic E-state index is 6.03. The molecule has 3 heterocycles. The van der Waals surface area contributed by atoms with Gasteiger partial charge in [-0.05, 0) is 31.2 Å². The van der Waals surface area contributed by atoms with E-state index in [1.54, 1.807) is 0 Å². The number of fused-ring (bicyclic) bond motifs is 1. The summed E-state index contributed by atoms with van der Waals surface area (Å²) in [5, 5.41) is 0.685. The van der Waals surface area contributed by atoms with Gasteiger partial charge in [0.25, 0.3) is 0 Å². The third kappa shape index (κ3) is 2.60. The Hall–Kier alpha value is -2.65. The van der Waals surface area contributed by atoms with Gasteiger partial charge in [0, 0.05) is 34.6 Å². The van der Waals surface area contributed by atoms with Crippen molar-refractivity contribution in [3.8, 4) is 22.5 Å². The van der Waals surface area contributed by atoms with Crippen LogP contribution in [-0.2, 0) is 0 Å². The van der Waals surface area contributed by atoms with Crippen molar-refractivity contribution in [3.05, 3.63) is 77.7 Å². The van der Waals surface area contributed by atoms with Crippen molar-refractivity contribution >= 4 is 17.2 Å². The zero-order chi connectivity index (χ0) is 15.8. The first kappa shape index (κ1) is 14.0. The zero-order valence-corrected chi connectivity index (χ0v) is 13.3.